The Bertz CT molecular complexity index is 1590. The van der Waals surface area contributed by atoms with Crippen molar-refractivity contribution < 1.29 is 20.3 Å². The van der Waals surface area contributed by atoms with Crippen molar-refractivity contribution >= 4 is 23.1 Å². The van der Waals surface area contributed by atoms with Crippen LogP contribution >= 0.6 is 0 Å². The first-order valence-corrected chi connectivity index (χ1v) is 13.2. The maximum absolute atomic E-state index is 13.1. The molecule has 0 aliphatic carbocycles. The second-order valence-electron chi connectivity index (χ2n) is 11.5. The number of H-pyrrole nitrogens is 1. The van der Waals surface area contributed by atoms with Gasteiger partial charge in [0.2, 0.25) is 5.82 Å². The molecule has 14 nitrogen and oxygen atoms in total. The number of fused-ring (bicyclic) bond motifs is 3. The molecule has 40 heavy (non-hydrogen) atoms. The van der Waals surface area contributed by atoms with Gasteiger partial charge in [0.1, 0.15) is 24.7 Å². The number of piperidine rings is 1. The lowest BCUT2D eigenvalue weighted by Gasteiger charge is -2.38. The number of quaternary nitrogens is 1. The third-order valence-electron chi connectivity index (χ3n) is 8.05. The number of carbonyl (C=O) groups is 1. The summed E-state index contributed by atoms with van der Waals surface area (Å²) in [6, 6.07) is 1.79. The monoisotopic (exact) mass is 549 g/mol. The van der Waals surface area contributed by atoms with Crippen LogP contribution in [0, 0.1) is 6.92 Å². The van der Waals surface area contributed by atoms with Gasteiger partial charge in [0.25, 0.3) is 11.6 Å². The molecule has 2 saturated heterocycles. The van der Waals surface area contributed by atoms with Gasteiger partial charge in [0, 0.05) is 35.3 Å². The highest BCUT2D eigenvalue weighted by atomic mass is 16.8. The molecule has 1 amide bonds. The molecular formula is C26H33N10O4+. The number of hydroxylamine groups is 2. The average Bonchev–Trinajstić information content (AvgIpc) is 3.60. The molecule has 2 bridgehead atoms. The first-order chi connectivity index (χ1) is 18.8. The van der Waals surface area contributed by atoms with Crippen LogP contribution in [0.5, 0.6) is 0 Å². The van der Waals surface area contributed by atoms with Crippen molar-refractivity contribution in [3.8, 4) is 11.1 Å². The van der Waals surface area contributed by atoms with Gasteiger partial charge in [0.05, 0.1) is 11.9 Å². The third kappa shape index (κ3) is 4.20. The molecule has 0 aromatic carbocycles. The van der Waals surface area contributed by atoms with E-state index in [4.69, 9.17) is 10.7 Å². The quantitative estimate of drug-likeness (QED) is 0.182. The molecule has 2 aliphatic heterocycles. The number of anilines is 1. The van der Waals surface area contributed by atoms with Crippen molar-refractivity contribution in [1.29, 1.82) is 0 Å². The number of amides is 1. The van der Waals surface area contributed by atoms with Crippen LogP contribution in [0.2, 0.25) is 0 Å². The van der Waals surface area contributed by atoms with Crippen LogP contribution in [0.3, 0.4) is 0 Å². The van der Waals surface area contributed by atoms with Gasteiger partial charge >= 0.3 is 0 Å². The number of aryl methyl sites for hydroxylation is 1. The number of nitrogen functional groups attached to an aromatic ring is 1. The molecule has 2 aliphatic rings. The van der Waals surface area contributed by atoms with Crippen LogP contribution in [0.15, 0.2) is 24.8 Å². The van der Waals surface area contributed by atoms with Crippen LogP contribution in [0.1, 0.15) is 73.0 Å². The fraction of sp³-hybridized carbons (Fsp3) is 0.462. The molecule has 6 heterocycles. The predicted molar refractivity (Wildman–Crippen MR) is 143 cm³/mol. The van der Waals surface area contributed by atoms with Crippen molar-refractivity contribution in [2.24, 2.45) is 0 Å². The lowest BCUT2D eigenvalue weighted by molar-refractivity contribution is -0.272. The highest BCUT2D eigenvalue weighted by Crippen LogP contribution is 2.47. The minimum absolute atomic E-state index is 0.0493. The SMILES string of the molecule is Cc1cc(-c2cnn3c(N)c([N+](C)(O)O)c(C4CC5CCC(C4)N5C(=O)c4ncn[nH]4)nc23)cnc1C(C)(C)O. The number of carbonyl (C=O) groups excluding carboxylic acids is 1. The summed E-state index contributed by atoms with van der Waals surface area (Å²) in [7, 11) is 1.20. The predicted octanol–water partition coefficient (Wildman–Crippen LogP) is 2.29. The van der Waals surface area contributed by atoms with Crippen LogP contribution in [-0.4, -0.2) is 80.2 Å². The van der Waals surface area contributed by atoms with Crippen LogP contribution in [-0.2, 0) is 5.60 Å². The Hall–Kier alpha value is -3.98. The second kappa shape index (κ2) is 9.02. The number of hydrogen-bond donors (Lipinski definition) is 5. The number of nitrogens with two attached hydrogens (primary N) is 1. The standard InChI is InChI=1S/C26H32N10O4/c1-13-7-15(10-28-21(13)26(2,3)38)18-11-31-35-22(27)20(36(4,39)40)19(32-24(18)35)14-8-16-5-6-17(9-14)34(16)25(37)23-29-12-30-33-23/h7,10-12,14,16-17,38-40H,5-6,8-9H2,1-4H3,(H2-,27,29,30,31,32,33,37)/p+1. The van der Waals surface area contributed by atoms with Crippen molar-refractivity contribution in [3.05, 3.63) is 47.6 Å². The van der Waals surface area contributed by atoms with E-state index in [0.29, 0.717) is 35.4 Å². The van der Waals surface area contributed by atoms with E-state index in [1.54, 1.807) is 26.2 Å². The topological polar surface area (TPSA) is 192 Å². The number of aliphatic hydroxyl groups is 1. The Labute approximate surface area is 229 Å². The molecule has 2 atom stereocenters. The van der Waals surface area contributed by atoms with Crippen molar-refractivity contribution in [2.75, 3.05) is 12.8 Å². The van der Waals surface area contributed by atoms with E-state index < -0.39 is 10.4 Å². The zero-order valence-electron chi connectivity index (χ0n) is 22.8. The Balaban J connectivity index is 1.43. The minimum atomic E-state index is -1.51. The molecule has 4 aromatic heterocycles. The van der Waals surface area contributed by atoms with Gasteiger partial charge in [-0.15, -0.1) is 0 Å². The summed E-state index contributed by atoms with van der Waals surface area (Å²) >= 11 is 0. The van der Waals surface area contributed by atoms with Gasteiger partial charge in [0.15, 0.2) is 11.5 Å². The number of pyridine rings is 1. The van der Waals surface area contributed by atoms with Gasteiger partial charge in [-0.1, -0.05) is 0 Å². The van der Waals surface area contributed by atoms with E-state index in [0.717, 1.165) is 24.0 Å². The molecule has 0 spiro atoms. The normalized spacial score (nSPS) is 21.4. The van der Waals surface area contributed by atoms with E-state index in [1.165, 1.54) is 17.9 Å². The first-order valence-electron chi connectivity index (χ1n) is 13.2. The summed E-state index contributed by atoms with van der Waals surface area (Å²) in [5.74, 6) is -0.107. The summed E-state index contributed by atoms with van der Waals surface area (Å²) in [6.45, 7) is 5.25. The maximum atomic E-state index is 13.1. The summed E-state index contributed by atoms with van der Waals surface area (Å²) in [5, 5.41) is 42.8. The minimum Gasteiger partial charge on any atom is -0.384 e. The summed E-state index contributed by atoms with van der Waals surface area (Å²) < 4.78 is 1.40. The van der Waals surface area contributed by atoms with Crippen LogP contribution in [0.25, 0.3) is 16.8 Å². The van der Waals surface area contributed by atoms with E-state index in [1.807, 2.05) is 17.9 Å². The Kier molecular flexibility index (Phi) is 5.92. The molecular weight excluding hydrogens is 516 g/mol. The number of nitrogens with one attached hydrogen (secondary N) is 1. The van der Waals surface area contributed by atoms with E-state index >= 15 is 0 Å². The second-order valence-corrected chi connectivity index (χ2v) is 11.5. The van der Waals surface area contributed by atoms with E-state index in [-0.39, 0.29) is 41.2 Å². The molecule has 2 unspecified atom stereocenters. The lowest BCUT2D eigenvalue weighted by atomic mass is 9.86. The zero-order valence-corrected chi connectivity index (χ0v) is 22.8. The van der Waals surface area contributed by atoms with Gasteiger partial charge < -0.3 is 15.7 Å². The smallest absolute Gasteiger partial charge is 0.291 e. The fourth-order valence-electron chi connectivity index (χ4n) is 6.47. The average molecular weight is 550 g/mol. The molecule has 210 valence electrons. The molecule has 4 aromatic rings. The molecule has 0 radical (unpaired) electrons. The van der Waals surface area contributed by atoms with Crippen LogP contribution in [0.4, 0.5) is 11.5 Å². The number of aromatic amines is 1. The van der Waals surface area contributed by atoms with E-state index in [2.05, 4.69) is 25.3 Å². The van der Waals surface area contributed by atoms with Crippen molar-refractivity contribution in [3.63, 3.8) is 0 Å². The molecule has 6 N–H and O–H groups in total. The number of rotatable bonds is 5. The fourth-order valence-corrected chi connectivity index (χ4v) is 6.47. The number of hydrogen-bond acceptors (Lipinski definition) is 10. The van der Waals surface area contributed by atoms with Gasteiger partial charge in [-0.2, -0.15) is 25.1 Å². The highest BCUT2D eigenvalue weighted by Gasteiger charge is 2.47. The summed E-state index contributed by atoms with van der Waals surface area (Å²) in [6.07, 6.45) is 7.41. The highest BCUT2D eigenvalue weighted by molar-refractivity contribution is 5.91. The van der Waals surface area contributed by atoms with Crippen LogP contribution < -0.4 is 10.5 Å². The van der Waals surface area contributed by atoms with Crippen molar-refractivity contribution in [2.45, 2.75) is 70.1 Å². The summed E-state index contributed by atoms with van der Waals surface area (Å²) in [5.41, 5.74) is 9.19. The third-order valence-corrected chi connectivity index (χ3v) is 8.05. The van der Waals surface area contributed by atoms with Gasteiger partial charge in [-0.3, -0.25) is 14.9 Å². The maximum Gasteiger partial charge on any atom is 0.291 e. The molecule has 0 saturated carbocycles. The van der Waals surface area contributed by atoms with Gasteiger partial charge in [-0.25, -0.2) is 9.97 Å². The molecule has 6 rings (SSSR count). The zero-order chi connectivity index (χ0) is 28.6. The Morgan fingerprint density at radius 3 is 2.45 bits per heavy atom. The number of nitrogens with zero attached hydrogens (tertiary/aromatic N) is 8. The van der Waals surface area contributed by atoms with Gasteiger partial charge in [-0.05, 0) is 62.9 Å². The van der Waals surface area contributed by atoms with Crippen molar-refractivity contribution in [1.82, 2.24) is 44.5 Å². The lowest BCUT2D eigenvalue weighted by Crippen LogP contribution is -2.47. The summed E-state index contributed by atoms with van der Waals surface area (Å²) in [4.78, 5) is 27.0. The van der Waals surface area contributed by atoms with E-state index in [9.17, 15) is 20.3 Å². The Morgan fingerprint density at radius 2 is 1.88 bits per heavy atom. The molecule has 14 heteroatoms. The largest absolute Gasteiger partial charge is 0.384 e. The Morgan fingerprint density at radius 1 is 1.18 bits per heavy atom. The first kappa shape index (κ1) is 26.3. The number of aromatic nitrogens is 7. The molecule has 2 fully saturated rings.